The highest BCUT2D eigenvalue weighted by Crippen LogP contribution is 2.16. The topological polar surface area (TPSA) is 38.0 Å². The van der Waals surface area contributed by atoms with Crippen molar-refractivity contribution in [2.75, 3.05) is 11.9 Å². The van der Waals surface area contributed by atoms with E-state index in [2.05, 4.69) is 16.8 Å². The Labute approximate surface area is 115 Å². The lowest BCUT2D eigenvalue weighted by atomic mass is 10.2. The Balaban J connectivity index is 1.95. The third kappa shape index (κ3) is 3.27. The molecule has 2 nitrogen and oxygen atoms in total. The lowest BCUT2D eigenvalue weighted by molar-refractivity contribution is 0.630. The average Bonchev–Trinajstić information content (AvgIpc) is 2.84. The van der Waals surface area contributed by atoms with E-state index in [-0.39, 0.29) is 10.8 Å². The van der Waals surface area contributed by atoms with Crippen LogP contribution in [0.2, 0.25) is 0 Å². The van der Waals surface area contributed by atoms with Gasteiger partial charge in [-0.15, -0.1) is 0 Å². The number of nitrogens with one attached hydrogen (secondary N) is 1. The Morgan fingerprint density at radius 3 is 2.83 bits per heavy atom. The van der Waals surface area contributed by atoms with Gasteiger partial charge in [0.05, 0.1) is 5.69 Å². The van der Waals surface area contributed by atoms with Crippen LogP contribution in [0.4, 0.5) is 10.1 Å². The maximum Gasteiger partial charge on any atom is 0.146 e. The van der Waals surface area contributed by atoms with E-state index in [0.717, 1.165) is 6.42 Å². The summed E-state index contributed by atoms with van der Waals surface area (Å²) in [6.45, 7) is 0.695. The molecule has 1 heterocycles. The lowest BCUT2D eigenvalue weighted by Gasteiger charge is -2.08. The summed E-state index contributed by atoms with van der Waals surface area (Å²) in [4.78, 5) is 0.207. The van der Waals surface area contributed by atoms with Crippen LogP contribution in [0, 0.1) is 5.82 Å². The second-order valence-corrected chi connectivity index (χ2v) is 5.09. The van der Waals surface area contributed by atoms with Crippen LogP contribution < -0.4 is 11.1 Å². The summed E-state index contributed by atoms with van der Waals surface area (Å²) >= 11 is 6.46. The number of thiocarbonyl (C=S) groups is 1. The molecule has 94 valence electrons. The van der Waals surface area contributed by atoms with E-state index >= 15 is 0 Å². The van der Waals surface area contributed by atoms with Crippen LogP contribution in [0.5, 0.6) is 0 Å². The predicted octanol–water partition coefficient (Wildman–Crippen LogP) is 3.18. The van der Waals surface area contributed by atoms with Crippen molar-refractivity contribution >= 4 is 34.2 Å². The van der Waals surface area contributed by atoms with Crippen molar-refractivity contribution in [2.45, 2.75) is 6.42 Å². The molecule has 0 atom stereocenters. The Bertz CT molecular complexity index is 538. The van der Waals surface area contributed by atoms with E-state index in [9.17, 15) is 4.39 Å². The van der Waals surface area contributed by atoms with Gasteiger partial charge in [0, 0.05) is 12.1 Å². The molecule has 0 unspecified atom stereocenters. The van der Waals surface area contributed by atoms with Crippen LogP contribution in [0.3, 0.4) is 0 Å². The summed E-state index contributed by atoms with van der Waals surface area (Å²) in [6, 6.07) is 6.81. The zero-order valence-electron chi connectivity index (χ0n) is 9.65. The number of thiophene rings is 1. The van der Waals surface area contributed by atoms with Gasteiger partial charge in [-0.05, 0) is 47.0 Å². The summed E-state index contributed by atoms with van der Waals surface area (Å²) in [5.41, 5.74) is 7.72. The SMILES string of the molecule is NC(=S)c1ccc(NCCc2ccsc2)c(F)c1. The molecule has 0 saturated heterocycles. The summed E-state index contributed by atoms with van der Waals surface area (Å²) in [5.74, 6) is -0.328. The molecule has 0 aliphatic carbocycles. The molecule has 2 rings (SSSR count). The van der Waals surface area contributed by atoms with Gasteiger partial charge >= 0.3 is 0 Å². The molecule has 0 bridgehead atoms. The quantitative estimate of drug-likeness (QED) is 0.826. The first-order valence-corrected chi connectivity index (χ1v) is 6.86. The molecular formula is C13H13FN2S2. The Morgan fingerprint density at radius 1 is 1.39 bits per heavy atom. The minimum atomic E-state index is -0.328. The van der Waals surface area contributed by atoms with Crippen molar-refractivity contribution in [3.8, 4) is 0 Å². The summed E-state index contributed by atoms with van der Waals surface area (Å²) in [6.07, 6.45) is 0.875. The zero-order chi connectivity index (χ0) is 13.0. The third-order valence-electron chi connectivity index (χ3n) is 2.56. The molecular weight excluding hydrogens is 267 g/mol. The van der Waals surface area contributed by atoms with Crippen LogP contribution in [0.25, 0.3) is 0 Å². The number of rotatable bonds is 5. The fourth-order valence-corrected chi connectivity index (χ4v) is 2.42. The highest BCUT2D eigenvalue weighted by Gasteiger charge is 2.04. The van der Waals surface area contributed by atoms with Gasteiger partial charge in [0.15, 0.2) is 0 Å². The fraction of sp³-hybridized carbons (Fsp3) is 0.154. The largest absolute Gasteiger partial charge is 0.389 e. The Morgan fingerprint density at radius 2 is 2.22 bits per heavy atom. The van der Waals surface area contributed by atoms with E-state index in [4.69, 9.17) is 18.0 Å². The van der Waals surface area contributed by atoms with Gasteiger partial charge in [-0.3, -0.25) is 0 Å². The normalized spacial score (nSPS) is 10.3. The molecule has 0 spiro atoms. The molecule has 0 amide bonds. The Kier molecular flexibility index (Phi) is 4.28. The van der Waals surface area contributed by atoms with E-state index in [1.165, 1.54) is 11.6 Å². The molecule has 3 N–H and O–H groups in total. The predicted molar refractivity (Wildman–Crippen MR) is 78.8 cm³/mol. The van der Waals surface area contributed by atoms with Crippen LogP contribution in [0.15, 0.2) is 35.0 Å². The van der Waals surface area contributed by atoms with Gasteiger partial charge in [0.2, 0.25) is 0 Å². The average molecular weight is 280 g/mol. The molecule has 1 aromatic carbocycles. The Hall–Kier alpha value is -1.46. The monoisotopic (exact) mass is 280 g/mol. The highest BCUT2D eigenvalue weighted by atomic mass is 32.1. The summed E-state index contributed by atoms with van der Waals surface area (Å²) < 4.78 is 13.7. The second kappa shape index (κ2) is 5.93. The number of hydrogen-bond donors (Lipinski definition) is 2. The third-order valence-corrected chi connectivity index (χ3v) is 3.53. The molecule has 0 aliphatic heterocycles. The smallest absolute Gasteiger partial charge is 0.146 e. The minimum absolute atomic E-state index is 0.207. The van der Waals surface area contributed by atoms with Crippen LogP contribution in [-0.4, -0.2) is 11.5 Å². The number of halogens is 1. The van der Waals surface area contributed by atoms with Crippen LogP contribution >= 0.6 is 23.6 Å². The van der Waals surface area contributed by atoms with Crippen molar-refractivity contribution < 1.29 is 4.39 Å². The van der Waals surface area contributed by atoms with Gasteiger partial charge < -0.3 is 11.1 Å². The molecule has 0 fully saturated rings. The summed E-state index contributed by atoms with van der Waals surface area (Å²) in [5, 5.41) is 7.19. The molecule has 1 aromatic heterocycles. The first-order valence-electron chi connectivity index (χ1n) is 5.51. The number of nitrogens with two attached hydrogens (primary N) is 1. The van der Waals surface area contributed by atoms with Gasteiger partial charge in [0.25, 0.3) is 0 Å². The highest BCUT2D eigenvalue weighted by molar-refractivity contribution is 7.80. The van der Waals surface area contributed by atoms with Crippen molar-refractivity contribution in [2.24, 2.45) is 5.73 Å². The zero-order valence-corrected chi connectivity index (χ0v) is 11.3. The molecule has 2 aromatic rings. The van der Waals surface area contributed by atoms with Gasteiger partial charge in [-0.2, -0.15) is 11.3 Å². The van der Waals surface area contributed by atoms with Gasteiger partial charge in [-0.25, -0.2) is 4.39 Å². The molecule has 5 heteroatoms. The van der Waals surface area contributed by atoms with E-state index in [1.807, 2.05) is 5.38 Å². The van der Waals surface area contributed by atoms with E-state index in [0.29, 0.717) is 17.8 Å². The molecule has 0 radical (unpaired) electrons. The lowest BCUT2D eigenvalue weighted by Crippen LogP contribution is -2.11. The van der Waals surface area contributed by atoms with Crippen LogP contribution in [-0.2, 0) is 6.42 Å². The first-order chi connectivity index (χ1) is 8.66. The van der Waals surface area contributed by atoms with Crippen LogP contribution in [0.1, 0.15) is 11.1 Å². The fourth-order valence-electron chi connectivity index (χ4n) is 1.59. The van der Waals surface area contributed by atoms with Crippen molar-refractivity contribution in [3.05, 3.63) is 52.0 Å². The number of anilines is 1. The van der Waals surface area contributed by atoms with E-state index in [1.54, 1.807) is 23.5 Å². The standard InChI is InChI=1S/C13H13FN2S2/c14-11-7-10(13(15)17)1-2-12(11)16-5-3-9-4-6-18-8-9/h1-2,4,6-8,16H,3,5H2,(H2,15,17). The van der Waals surface area contributed by atoms with Gasteiger partial charge in [0.1, 0.15) is 10.8 Å². The number of benzene rings is 1. The molecule has 0 aliphatic rings. The van der Waals surface area contributed by atoms with Crippen molar-refractivity contribution in [1.82, 2.24) is 0 Å². The summed E-state index contributed by atoms with van der Waals surface area (Å²) in [7, 11) is 0. The van der Waals surface area contributed by atoms with Crippen molar-refractivity contribution in [1.29, 1.82) is 0 Å². The molecule has 0 saturated carbocycles. The maximum atomic E-state index is 13.7. The van der Waals surface area contributed by atoms with Gasteiger partial charge in [-0.1, -0.05) is 12.2 Å². The minimum Gasteiger partial charge on any atom is -0.389 e. The maximum absolute atomic E-state index is 13.7. The first kappa shape index (κ1) is 13.0. The van der Waals surface area contributed by atoms with E-state index < -0.39 is 0 Å². The second-order valence-electron chi connectivity index (χ2n) is 3.87. The number of hydrogen-bond acceptors (Lipinski definition) is 3. The molecule has 18 heavy (non-hydrogen) atoms. The van der Waals surface area contributed by atoms with Crippen molar-refractivity contribution in [3.63, 3.8) is 0 Å².